The van der Waals surface area contributed by atoms with Gasteiger partial charge in [-0.1, -0.05) is 43.1 Å². The molecule has 1 saturated heterocycles. The molecule has 9 heteroatoms. The normalized spacial score (nSPS) is 14.2. The van der Waals surface area contributed by atoms with E-state index in [1.165, 1.54) is 14.8 Å². The lowest BCUT2D eigenvalue weighted by Crippen LogP contribution is -2.37. The summed E-state index contributed by atoms with van der Waals surface area (Å²) in [6.45, 7) is 7.14. The molecular formula is C26H32ClN5O3. The van der Waals surface area contributed by atoms with Crippen molar-refractivity contribution in [3.8, 4) is 11.4 Å². The summed E-state index contributed by atoms with van der Waals surface area (Å²) in [6, 6.07) is 14.8. The first-order chi connectivity index (χ1) is 17.0. The molecule has 35 heavy (non-hydrogen) atoms. The summed E-state index contributed by atoms with van der Waals surface area (Å²) >= 11 is 6.18. The van der Waals surface area contributed by atoms with Crippen LogP contribution in [0.2, 0.25) is 5.02 Å². The Balaban J connectivity index is 1.57. The molecule has 0 radical (unpaired) electrons. The van der Waals surface area contributed by atoms with Gasteiger partial charge in [0.2, 0.25) is 5.91 Å². The monoisotopic (exact) mass is 497 g/mol. The van der Waals surface area contributed by atoms with Gasteiger partial charge in [-0.15, -0.1) is 5.10 Å². The number of carbonyl (C=O) groups excluding carboxylic acids is 1. The van der Waals surface area contributed by atoms with E-state index in [4.69, 9.17) is 16.3 Å². The van der Waals surface area contributed by atoms with Gasteiger partial charge in [0.25, 0.3) is 0 Å². The first kappa shape index (κ1) is 25.2. The summed E-state index contributed by atoms with van der Waals surface area (Å²) in [5.41, 5.74) is 2.08. The van der Waals surface area contributed by atoms with Crippen LogP contribution < -0.4 is 11.0 Å². The number of rotatable bonds is 10. The average molecular weight is 498 g/mol. The molecule has 0 bridgehead atoms. The van der Waals surface area contributed by atoms with E-state index >= 15 is 0 Å². The molecule has 1 aromatic heterocycles. The molecule has 0 unspecified atom stereocenters. The molecule has 2 aromatic carbocycles. The lowest BCUT2D eigenvalue weighted by molar-refractivity contribution is -0.120. The van der Waals surface area contributed by atoms with Crippen LogP contribution in [0.4, 0.5) is 0 Å². The quantitative estimate of drug-likeness (QED) is 0.435. The number of hydrogen-bond donors (Lipinski definition) is 1. The van der Waals surface area contributed by atoms with Crippen LogP contribution in [0.3, 0.4) is 0 Å². The van der Waals surface area contributed by atoms with Crippen LogP contribution in [0.25, 0.3) is 11.4 Å². The lowest BCUT2D eigenvalue weighted by Gasteiger charge is -2.26. The maximum atomic E-state index is 13.4. The molecule has 186 valence electrons. The molecule has 8 nitrogen and oxygen atoms in total. The van der Waals surface area contributed by atoms with Crippen LogP contribution in [0, 0.1) is 0 Å². The third kappa shape index (κ3) is 6.60. The number of nitrogens with one attached hydrogen (secondary N) is 1. The lowest BCUT2D eigenvalue weighted by atomic mass is 10.1. The predicted molar refractivity (Wildman–Crippen MR) is 137 cm³/mol. The molecule has 0 saturated carbocycles. The SMILES string of the molecule is CCCCNC(=O)Cc1nn(-c2ccc(CCN3CCOCC3)cc2)c(=O)n1-c1cccc(Cl)c1. The third-order valence-corrected chi connectivity index (χ3v) is 6.32. The molecule has 4 rings (SSSR count). The smallest absolute Gasteiger partial charge is 0.355 e. The van der Waals surface area contributed by atoms with Gasteiger partial charge >= 0.3 is 5.69 Å². The zero-order chi connectivity index (χ0) is 24.6. The zero-order valence-electron chi connectivity index (χ0n) is 20.1. The van der Waals surface area contributed by atoms with E-state index in [-0.39, 0.29) is 18.0 Å². The van der Waals surface area contributed by atoms with E-state index in [0.717, 1.165) is 52.1 Å². The first-order valence-electron chi connectivity index (χ1n) is 12.2. The Labute approximate surface area is 210 Å². The van der Waals surface area contributed by atoms with Gasteiger partial charge in [0.1, 0.15) is 5.82 Å². The molecule has 1 aliphatic rings. The van der Waals surface area contributed by atoms with E-state index in [2.05, 4.69) is 22.2 Å². The Bertz CT molecular complexity index is 1180. The maximum Gasteiger partial charge on any atom is 0.355 e. The Morgan fingerprint density at radius 3 is 2.60 bits per heavy atom. The van der Waals surface area contributed by atoms with Crippen molar-refractivity contribution in [2.24, 2.45) is 0 Å². The van der Waals surface area contributed by atoms with Gasteiger partial charge in [0.05, 0.1) is 31.0 Å². The van der Waals surface area contributed by atoms with Gasteiger partial charge in [-0.2, -0.15) is 4.68 Å². The van der Waals surface area contributed by atoms with Crippen molar-refractivity contribution in [1.29, 1.82) is 0 Å². The van der Waals surface area contributed by atoms with Gasteiger partial charge in [0.15, 0.2) is 0 Å². The summed E-state index contributed by atoms with van der Waals surface area (Å²) in [6.07, 6.45) is 2.81. The number of unbranched alkanes of at least 4 members (excludes halogenated alkanes) is 1. The molecule has 1 N–H and O–H groups in total. The molecule has 1 aliphatic heterocycles. The van der Waals surface area contributed by atoms with Crippen LogP contribution in [0.15, 0.2) is 53.3 Å². The van der Waals surface area contributed by atoms with Gasteiger partial charge < -0.3 is 10.1 Å². The number of aromatic nitrogens is 3. The van der Waals surface area contributed by atoms with E-state index in [1.807, 2.05) is 24.3 Å². The fraction of sp³-hybridized carbons (Fsp3) is 0.423. The standard InChI is InChI=1S/C26H32ClN5O3/c1-2-3-12-28-25(33)19-24-29-32(26(34)31(24)23-6-4-5-21(27)18-23)22-9-7-20(8-10-22)11-13-30-14-16-35-17-15-30/h4-10,18H,2-3,11-17,19H2,1H3,(H,28,33). The topological polar surface area (TPSA) is 81.4 Å². The van der Waals surface area contributed by atoms with Gasteiger partial charge in [-0.25, -0.2) is 9.36 Å². The van der Waals surface area contributed by atoms with Crippen LogP contribution in [-0.4, -0.2) is 64.5 Å². The number of amides is 1. The number of halogens is 1. The Morgan fingerprint density at radius 1 is 1.11 bits per heavy atom. The van der Waals surface area contributed by atoms with E-state index in [0.29, 0.717) is 28.8 Å². The highest BCUT2D eigenvalue weighted by Crippen LogP contribution is 2.16. The second-order valence-electron chi connectivity index (χ2n) is 8.68. The summed E-state index contributed by atoms with van der Waals surface area (Å²) in [7, 11) is 0. The van der Waals surface area contributed by atoms with Crippen LogP contribution >= 0.6 is 11.6 Å². The molecule has 0 aliphatic carbocycles. The fourth-order valence-electron chi connectivity index (χ4n) is 4.09. The summed E-state index contributed by atoms with van der Waals surface area (Å²) in [5.74, 6) is 0.194. The summed E-state index contributed by atoms with van der Waals surface area (Å²) in [4.78, 5) is 28.4. The van der Waals surface area contributed by atoms with Gasteiger partial charge in [-0.05, 0) is 48.7 Å². The van der Waals surface area contributed by atoms with Crippen molar-refractivity contribution in [3.63, 3.8) is 0 Å². The highest BCUT2D eigenvalue weighted by molar-refractivity contribution is 6.30. The molecule has 1 amide bonds. The van der Waals surface area contributed by atoms with Crippen molar-refractivity contribution in [2.75, 3.05) is 39.4 Å². The second-order valence-corrected chi connectivity index (χ2v) is 9.11. The van der Waals surface area contributed by atoms with Crippen LogP contribution in [-0.2, 0) is 22.4 Å². The van der Waals surface area contributed by atoms with Crippen LogP contribution in [0.5, 0.6) is 0 Å². The minimum Gasteiger partial charge on any atom is -0.379 e. The van der Waals surface area contributed by atoms with Crippen molar-refractivity contribution in [1.82, 2.24) is 24.6 Å². The molecular weight excluding hydrogens is 466 g/mol. The molecule has 1 fully saturated rings. The number of ether oxygens (including phenoxy) is 1. The number of carbonyl (C=O) groups is 1. The Kier molecular flexibility index (Phi) is 8.74. The van der Waals surface area contributed by atoms with Gasteiger partial charge in [0, 0.05) is 31.2 Å². The second kappa shape index (κ2) is 12.2. The average Bonchev–Trinajstić information content (AvgIpc) is 3.19. The van der Waals surface area contributed by atoms with E-state index in [9.17, 15) is 9.59 Å². The Morgan fingerprint density at radius 2 is 1.89 bits per heavy atom. The van der Waals surface area contributed by atoms with Crippen molar-refractivity contribution in [2.45, 2.75) is 32.6 Å². The number of morpholine rings is 1. The van der Waals surface area contributed by atoms with Crippen LogP contribution in [0.1, 0.15) is 31.2 Å². The van der Waals surface area contributed by atoms with E-state index < -0.39 is 0 Å². The number of hydrogen-bond acceptors (Lipinski definition) is 5. The van der Waals surface area contributed by atoms with E-state index in [1.54, 1.807) is 24.3 Å². The number of nitrogens with zero attached hydrogens (tertiary/aromatic N) is 4. The predicted octanol–water partition coefficient (Wildman–Crippen LogP) is 3.01. The maximum absolute atomic E-state index is 13.4. The van der Waals surface area contributed by atoms with Crippen molar-refractivity contribution < 1.29 is 9.53 Å². The fourth-order valence-corrected chi connectivity index (χ4v) is 4.28. The largest absolute Gasteiger partial charge is 0.379 e. The molecule has 0 atom stereocenters. The number of benzene rings is 2. The minimum atomic E-state index is -0.343. The van der Waals surface area contributed by atoms with Gasteiger partial charge in [-0.3, -0.25) is 9.69 Å². The summed E-state index contributed by atoms with van der Waals surface area (Å²) in [5, 5.41) is 7.95. The highest BCUT2D eigenvalue weighted by Gasteiger charge is 2.19. The van der Waals surface area contributed by atoms with Crippen molar-refractivity contribution >= 4 is 17.5 Å². The first-order valence-corrected chi connectivity index (χ1v) is 12.6. The minimum absolute atomic E-state index is 0.00387. The molecule has 3 aromatic rings. The highest BCUT2D eigenvalue weighted by atomic mass is 35.5. The Hall–Kier alpha value is -2.94. The zero-order valence-corrected chi connectivity index (χ0v) is 20.8. The molecule has 0 spiro atoms. The molecule has 2 heterocycles. The third-order valence-electron chi connectivity index (χ3n) is 6.08. The van der Waals surface area contributed by atoms with Crippen molar-refractivity contribution in [3.05, 3.63) is 75.4 Å². The summed E-state index contributed by atoms with van der Waals surface area (Å²) < 4.78 is 8.22.